The summed E-state index contributed by atoms with van der Waals surface area (Å²) in [5, 5.41) is 12.6. The molecule has 6 nitrogen and oxygen atoms in total. The molecule has 144 valence electrons. The number of para-hydroxylation sites is 1. The lowest BCUT2D eigenvalue weighted by molar-refractivity contribution is -0.127. The molecule has 2 aromatic rings. The fourth-order valence-electron chi connectivity index (χ4n) is 2.37. The molecule has 3 amide bonds. The second kappa shape index (κ2) is 9.01. The van der Waals surface area contributed by atoms with Gasteiger partial charge in [-0.1, -0.05) is 23.7 Å². The molecule has 10 heteroatoms. The second-order valence-corrected chi connectivity index (χ2v) is 9.43. The van der Waals surface area contributed by atoms with E-state index in [2.05, 4.69) is 27.9 Å². The van der Waals surface area contributed by atoms with Gasteiger partial charge in [-0.2, -0.15) is 0 Å². The molecular formula is C18H11ClI2N2O4S. The largest absolute Gasteiger partial charge is 0.506 e. The van der Waals surface area contributed by atoms with Crippen LogP contribution < -0.4 is 5.32 Å². The number of phenols is 1. The number of rotatable bonds is 4. The van der Waals surface area contributed by atoms with Crippen molar-refractivity contribution in [1.82, 2.24) is 4.90 Å². The Labute approximate surface area is 197 Å². The maximum Gasteiger partial charge on any atom is 0.294 e. The van der Waals surface area contributed by atoms with Crippen LogP contribution in [0.1, 0.15) is 5.56 Å². The van der Waals surface area contributed by atoms with E-state index in [1.165, 1.54) is 6.08 Å². The summed E-state index contributed by atoms with van der Waals surface area (Å²) < 4.78 is 1.51. The number of hydrogen-bond donors (Lipinski definition) is 2. The van der Waals surface area contributed by atoms with Gasteiger partial charge in [-0.25, -0.2) is 0 Å². The Bertz CT molecular complexity index is 1030. The summed E-state index contributed by atoms with van der Waals surface area (Å²) in [6, 6.07) is 10.2. The van der Waals surface area contributed by atoms with Crippen LogP contribution in [0.25, 0.3) is 6.08 Å². The van der Waals surface area contributed by atoms with Gasteiger partial charge in [0.25, 0.3) is 11.1 Å². The second-order valence-electron chi connectivity index (χ2n) is 5.62. The van der Waals surface area contributed by atoms with Crippen molar-refractivity contribution >= 4 is 97.4 Å². The minimum atomic E-state index is -0.586. The number of aromatic hydroxyl groups is 1. The highest BCUT2D eigenvalue weighted by Gasteiger charge is 2.36. The van der Waals surface area contributed by atoms with E-state index < -0.39 is 23.6 Å². The molecule has 0 atom stereocenters. The number of benzene rings is 2. The summed E-state index contributed by atoms with van der Waals surface area (Å²) in [5.41, 5.74) is 0.831. The van der Waals surface area contributed by atoms with Crippen molar-refractivity contribution in [3.05, 3.63) is 59.0 Å². The Hall–Kier alpha value is -1.31. The molecule has 0 spiro atoms. The summed E-state index contributed by atoms with van der Waals surface area (Å²) in [6.45, 7) is -0.428. The van der Waals surface area contributed by atoms with E-state index >= 15 is 0 Å². The highest BCUT2D eigenvalue weighted by atomic mass is 127. The summed E-state index contributed by atoms with van der Waals surface area (Å²) in [5.74, 6) is -1.09. The number of anilines is 1. The van der Waals surface area contributed by atoms with E-state index in [1.807, 2.05) is 22.6 Å². The maximum absolute atomic E-state index is 12.6. The van der Waals surface area contributed by atoms with E-state index in [9.17, 15) is 19.5 Å². The smallest absolute Gasteiger partial charge is 0.294 e. The van der Waals surface area contributed by atoms with Crippen molar-refractivity contribution < 1.29 is 19.5 Å². The predicted octanol–water partition coefficient (Wildman–Crippen LogP) is 4.93. The monoisotopic (exact) mass is 640 g/mol. The number of thioether (sulfide) groups is 1. The fourth-order valence-corrected chi connectivity index (χ4v) is 5.27. The van der Waals surface area contributed by atoms with Crippen LogP contribution in [0.15, 0.2) is 41.3 Å². The number of carbonyl (C=O) groups excluding carboxylic acids is 3. The van der Waals surface area contributed by atoms with Crippen molar-refractivity contribution in [3.63, 3.8) is 0 Å². The Morgan fingerprint density at radius 2 is 1.96 bits per heavy atom. The van der Waals surface area contributed by atoms with Gasteiger partial charge in [-0.05, 0) is 87.3 Å². The summed E-state index contributed by atoms with van der Waals surface area (Å²) >= 11 is 10.8. The Balaban J connectivity index is 1.77. The number of imide groups is 1. The minimum absolute atomic E-state index is 0.0317. The van der Waals surface area contributed by atoms with Crippen LogP contribution in [0, 0.1) is 7.14 Å². The van der Waals surface area contributed by atoms with E-state index in [0.717, 1.165) is 20.2 Å². The van der Waals surface area contributed by atoms with Gasteiger partial charge in [0.2, 0.25) is 5.91 Å². The molecule has 28 heavy (non-hydrogen) atoms. The zero-order valence-corrected chi connectivity index (χ0v) is 19.8. The van der Waals surface area contributed by atoms with Gasteiger partial charge in [-0.15, -0.1) is 0 Å². The van der Waals surface area contributed by atoms with Crippen molar-refractivity contribution in [2.75, 3.05) is 11.9 Å². The van der Waals surface area contributed by atoms with Gasteiger partial charge in [0, 0.05) is 9.13 Å². The fraction of sp³-hybridized carbons (Fsp3) is 0.0556. The third-order valence-corrected chi connectivity index (χ3v) is 6.35. The molecule has 1 fully saturated rings. The summed E-state index contributed by atoms with van der Waals surface area (Å²) in [7, 11) is 0. The third kappa shape index (κ3) is 4.81. The van der Waals surface area contributed by atoms with Crippen molar-refractivity contribution in [3.8, 4) is 5.75 Å². The number of amides is 3. The van der Waals surface area contributed by atoms with E-state index in [0.29, 0.717) is 19.8 Å². The van der Waals surface area contributed by atoms with Crippen LogP contribution >= 0.6 is 68.5 Å². The first-order valence-corrected chi connectivity index (χ1v) is 11.1. The molecule has 0 radical (unpaired) electrons. The number of hydrogen-bond acceptors (Lipinski definition) is 5. The molecule has 1 saturated heterocycles. The van der Waals surface area contributed by atoms with E-state index in [4.69, 9.17) is 11.6 Å². The minimum Gasteiger partial charge on any atom is -0.506 e. The molecule has 0 aromatic heterocycles. The Morgan fingerprint density at radius 1 is 1.25 bits per heavy atom. The first-order chi connectivity index (χ1) is 13.3. The molecular weight excluding hydrogens is 630 g/mol. The van der Waals surface area contributed by atoms with Gasteiger partial charge in [0.05, 0.1) is 19.2 Å². The van der Waals surface area contributed by atoms with Gasteiger partial charge in [0.15, 0.2) is 0 Å². The number of phenolic OH excluding ortho intramolecular Hbond substituents is 1. The van der Waals surface area contributed by atoms with Gasteiger partial charge in [0.1, 0.15) is 12.3 Å². The van der Waals surface area contributed by atoms with Crippen LogP contribution in [0.5, 0.6) is 5.75 Å². The standard InChI is InChI=1S/C18H11ClI2N2O4S/c19-11-3-1-2-4-13(11)22-15(24)8-23-17(26)14(28-18(23)27)6-9-5-10(20)7-12(21)16(9)25/h1-7,25H,8H2,(H,22,24)/b14-6+. The maximum atomic E-state index is 12.6. The van der Waals surface area contributed by atoms with Gasteiger partial charge >= 0.3 is 0 Å². The first-order valence-electron chi connectivity index (χ1n) is 7.74. The molecule has 1 heterocycles. The molecule has 2 aromatic carbocycles. The molecule has 0 unspecified atom stereocenters. The molecule has 2 N–H and O–H groups in total. The van der Waals surface area contributed by atoms with E-state index in [1.54, 1.807) is 36.4 Å². The molecule has 0 aliphatic carbocycles. The van der Waals surface area contributed by atoms with Crippen molar-refractivity contribution in [2.24, 2.45) is 0 Å². The van der Waals surface area contributed by atoms with E-state index in [-0.39, 0.29) is 10.7 Å². The zero-order valence-electron chi connectivity index (χ0n) is 13.9. The molecule has 1 aliphatic heterocycles. The molecule has 0 bridgehead atoms. The number of halogens is 3. The lowest BCUT2D eigenvalue weighted by Crippen LogP contribution is -2.36. The quantitative estimate of drug-likeness (QED) is 0.366. The first kappa shape index (κ1) is 21.4. The predicted molar refractivity (Wildman–Crippen MR) is 126 cm³/mol. The summed E-state index contributed by atoms with van der Waals surface area (Å²) in [6.07, 6.45) is 1.45. The third-order valence-electron chi connectivity index (χ3n) is 3.67. The van der Waals surface area contributed by atoms with Gasteiger partial charge < -0.3 is 10.4 Å². The molecule has 1 aliphatic rings. The zero-order chi connectivity index (χ0) is 20.4. The number of carbonyl (C=O) groups is 3. The summed E-state index contributed by atoms with van der Waals surface area (Å²) in [4.78, 5) is 38.0. The molecule has 3 rings (SSSR count). The number of nitrogens with zero attached hydrogens (tertiary/aromatic N) is 1. The normalized spacial score (nSPS) is 15.4. The average molecular weight is 641 g/mol. The Kier molecular flexibility index (Phi) is 6.89. The SMILES string of the molecule is O=C(CN1C(=O)S/C(=C/c2cc(I)cc(I)c2O)C1=O)Nc1ccccc1Cl. The van der Waals surface area contributed by atoms with Crippen LogP contribution in [-0.2, 0) is 9.59 Å². The Morgan fingerprint density at radius 3 is 2.68 bits per heavy atom. The van der Waals surface area contributed by atoms with Crippen LogP contribution in [0.4, 0.5) is 10.5 Å². The number of nitrogens with one attached hydrogen (secondary N) is 1. The highest BCUT2D eigenvalue weighted by Crippen LogP contribution is 2.35. The van der Waals surface area contributed by atoms with Crippen molar-refractivity contribution in [1.29, 1.82) is 0 Å². The average Bonchev–Trinajstić information content (AvgIpc) is 2.88. The topological polar surface area (TPSA) is 86.7 Å². The highest BCUT2D eigenvalue weighted by molar-refractivity contribution is 14.1. The lowest BCUT2D eigenvalue weighted by atomic mass is 10.2. The lowest BCUT2D eigenvalue weighted by Gasteiger charge is -2.13. The van der Waals surface area contributed by atoms with Crippen LogP contribution in [-0.4, -0.2) is 33.6 Å². The van der Waals surface area contributed by atoms with Gasteiger partial charge in [-0.3, -0.25) is 19.3 Å². The van der Waals surface area contributed by atoms with Crippen LogP contribution in [0.3, 0.4) is 0 Å². The van der Waals surface area contributed by atoms with Crippen LogP contribution in [0.2, 0.25) is 5.02 Å². The molecule has 0 saturated carbocycles. The van der Waals surface area contributed by atoms with Crippen molar-refractivity contribution in [2.45, 2.75) is 0 Å².